The molecule has 2 aliphatic rings. The lowest BCUT2D eigenvalue weighted by atomic mass is 9.87. The number of hydrogen-bond acceptors (Lipinski definition) is 1. The molecule has 35 heavy (non-hydrogen) atoms. The average molecular weight is 536 g/mol. The van der Waals surface area contributed by atoms with Crippen molar-refractivity contribution in [1.29, 1.82) is 0 Å². The van der Waals surface area contributed by atoms with Gasteiger partial charge in [-0.15, -0.1) is 0 Å². The Morgan fingerprint density at radius 1 is 1.00 bits per heavy atom. The van der Waals surface area contributed by atoms with Gasteiger partial charge in [0.05, 0.1) is 0 Å². The second-order valence-electron chi connectivity index (χ2n) is 11.0. The fraction of sp³-hybridized carbons (Fsp3) is 0.516. The second-order valence-corrected chi connectivity index (χ2v) is 11.9. The zero-order valence-electron chi connectivity index (χ0n) is 21.1. The minimum absolute atomic E-state index is 0.0443. The molecule has 1 aromatic heterocycles. The van der Waals surface area contributed by atoms with E-state index in [9.17, 15) is 4.79 Å². The normalized spacial score (nSPS) is 18.6. The number of fused-ring (bicyclic) bond motifs is 1. The van der Waals surface area contributed by atoms with E-state index in [1.165, 1.54) is 79.0 Å². The first-order valence-corrected chi connectivity index (χ1v) is 14.5. The molecule has 186 valence electrons. The van der Waals surface area contributed by atoms with Crippen LogP contribution in [-0.2, 0) is 11.3 Å². The maximum Gasteiger partial charge on any atom is 0.221 e. The number of rotatable bonds is 7. The van der Waals surface area contributed by atoms with Gasteiger partial charge in [-0.2, -0.15) is 0 Å². The van der Waals surface area contributed by atoms with Crippen LogP contribution in [-0.4, -0.2) is 16.5 Å². The first-order chi connectivity index (χ1) is 17.1. The molecule has 1 atom stereocenters. The van der Waals surface area contributed by atoms with Gasteiger partial charge in [0.2, 0.25) is 5.91 Å². The zero-order valence-corrected chi connectivity index (χ0v) is 22.7. The summed E-state index contributed by atoms with van der Waals surface area (Å²) in [4.78, 5) is 13.4. The first-order valence-electron chi connectivity index (χ1n) is 13.7. The van der Waals surface area contributed by atoms with Crippen molar-refractivity contribution in [2.24, 2.45) is 5.92 Å². The van der Waals surface area contributed by atoms with Crippen molar-refractivity contribution >= 4 is 32.7 Å². The van der Waals surface area contributed by atoms with E-state index in [-0.39, 0.29) is 11.8 Å². The smallest absolute Gasteiger partial charge is 0.221 e. The van der Waals surface area contributed by atoms with Crippen LogP contribution in [0.15, 0.2) is 53.1 Å². The molecule has 1 N–H and O–H groups in total. The Balaban J connectivity index is 1.50. The highest BCUT2D eigenvalue weighted by molar-refractivity contribution is 9.10. The van der Waals surface area contributed by atoms with Gasteiger partial charge in [-0.3, -0.25) is 4.79 Å². The fourth-order valence-electron chi connectivity index (χ4n) is 6.39. The summed E-state index contributed by atoms with van der Waals surface area (Å²) in [6.07, 6.45) is 15.6. The van der Waals surface area contributed by atoms with Gasteiger partial charge in [0.25, 0.3) is 0 Å². The molecule has 0 bridgehead atoms. The van der Waals surface area contributed by atoms with Crippen LogP contribution >= 0.6 is 15.9 Å². The van der Waals surface area contributed by atoms with Crippen LogP contribution in [0.2, 0.25) is 0 Å². The van der Waals surface area contributed by atoms with Crippen LogP contribution in [0.1, 0.15) is 93.2 Å². The topological polar surface area (TPSA) is 34.0 Å². The number of aryl methyl sites for hydroxylation is 1. The van der Waals surface area contributed by atoms with Crippen molar-refractivity contribution in [2.75, 3.05) is 0 Å². The number of aromatic nitrogens is 1. The lowest BCUT2D eigenvalue weighted by molar-refractivity contribution is -0.122. The highest BCUT2D eigenvalue weighted by atomic mass is 79.9. The molecule has 4 heteroatoms. The molecule has 1 heterocycles. The van der Waals surface area contributed by atoms with Gasteiger partial charge in [0.1, 0.15) is 0 Å². The van der Waals surface area contributed by atoms with Gasteiger partial charge in [-0.05, 0) is 67.9 Å². The van der Waals surface area contributed by atoms with Crippen LogP contribution in [0.4, 0.5) is 0 Å². The molecule has 0 saturated heterocycles. The summed E-state index contributed by atoms with van der Waals surface area (Å²) < 4.78 is 3.57. The standard InChI is InChI=1S/C31H39BrN2O/c1-22-9-8-12-24(17-22)27(19-31(35)33-26-13-6-3-7-14-26)29-21-34(20-23-10-4-2-5-11-23)30-16-15-25(32)18-28(29)30/h8-9,12,15-18,21,23,26-27H,2-7,10-11,13-14,19-20H2,1H3,(H,33,35). The number of hydrogen-bond donors (Lipinski definition) is 1. The third kappa shape index (κ3) is 6.02. The molecule has 2 fully saturated rings. The van der Waals surface area contributed by atoms with Crippen LogP contribution in [0, 0.1) is 12.8 Å². The highest BCUT2D eigenvalue weighted by Crippen LogP contribution is 2.37. The third-order valence-corrected chi connectivity index (χ3v) is 8.73. The molecule has 2 saturated carbocycles. The minimum Gasteiger partial charge on any atom is -0.353 e. The largest absolute Gasteiger partial charge is 0.353 e. The Kier molecular flexibility index (Phi) is 7.97. The quantitative estimate of drug-likeness (QED) is 0.325. The lowest BCUT2D eigenvalue weighted by Crippen LogP contribution is -2.36. The summed E-state index contributed by atoms with van der Waals surface area (Å²) in [5.41, 5.74) is 5.05. The Bertz CT molecular complexity index is 1150. The van der Waals surface area contributed by atoms with Crippen molar-refractivity contribution < 1.29 is 4.79 Å². The van der Waals surface area contributed by atoms with Crippen LogP contribution in [0.25, 0.3) is 10.9 Å². The minimum atomic E-state index is 0.0443. The maximum absolute atomic E-state index is 13.4. The predicted octanol–water partition coefficient (Wildman–Crippen LogP) is 8.26. The molecule has 1 amide bonds. The molecule has 1 unspecified atom stereocenters. The number of amides is 1. The number of carbonyl (C=O) groups is 1. The van der Waals surface area contributed by atoms with E-state index in [0.717, 1.165) is 29.8 Å². The van der Waals surface area contributed by atoms with E-state index in [4.69, 9.17) is 0 Å². The van der Waals surface area contributed by atoms with E-state index >= 15 is 0 Å². The van der Waals surface area contributed by atoms with Crippen molar-refractivity contribution in [3.05, 3.63) is 69.8 Å². The Morgan fingerprint density at radius 2 is 1.74 bits per heavy atom. The highest BCUT2D eigenvalue weighted by Gasteiger charge is 2.26. The molecule has 2 aliphatic carbocycles. The molecule has 2 aromatic carbocycles. The molecule has 0 aliphatic heterocycles. The monoisotopic (exact) mass is 534 g/mol. The van der Waals surface area contributed by atoms with Crippen LogP contribution in [0.5, 0.6) is 0 Å². The van der Waals surface area contributed by atoms with Gasteiger partial charge in [-0.1, -0.05) is 84.3 Å². The van der Waals surface area contributed by atoms with Gasteiger partial charge in [-0.25, -0.2) is 0 Å². The fourth-order valence-corrected chi connectivity index (χ4v) is 6.75. The van der Waals surface area contributed by atoms with E-state index in [1.807, 2.05) is 0 Å². The van der Waals surface area contributed by atoms with Crippen molar-refractivity contribution in [1.82, 2.24) is 9.88 Å². The summed E-state index contributed by atoms with van der Waals surface area (Å²) in [6.45, 7) is 3.22. The molecule has 3 nitrogen and oxygen atoms in total. The van der Waals surface area contributed by atoms with Crippen LogP contribution in [0.3, 0.4) is 0 Å². The van der Waals surface area contributed by atoms with E-state index < -0.39 is 0 Å². The summed E-state index contributed by atoms with van der Waals surface area (Å²) in [5, 5.41) is 4.65. The molecule has 0 radical (unpaired) electrons. The number of carbonyl (C=O) groups excluding carboxylic acids is 1. The Morgan fingerprint density at radius 3 is 2.49 bits per heavy atom. The molecule has 3 aromatic rings. The van der Waals surface area contributed by atoms with Crippen molar-refractivity contribution in [2.45, 2.75) is 96.1 Å². The number of halogens is 1. The number of benzene rings is 2. The van der Waals surface area contributed by atoms with Gasteiger partial charge in [0, 0.05) is 46.5 Å². The van der Waals surface area contributed by atoms with Crippen molar-refractivity contribution in [3.8, 4) is 0 Å². The lowest BCUT2D eigenvalue weighted by Gasteiger charge is -2.24. The van der Waals surface area contributed by atoms with E-state index in [0.29, 0.717) is 12.5 Å². The molecule has 5 rings (SSSR count). The van der Waals surface area contributed by atoms with Crippen LogP contribution < -0.4 is 5.32 Å². The predicted molar refractivity (Wildman–Crippen MR) is 149 cm³/mol. The SMILES string of the molecule is Cc1cccc(C(CC(=O)NC2CCCCC2)c2cn(CC3CCCCC3)c3ccc(Br)cc23)c1. The second kappa shape index (κ2) is 11.3. The molecule has 0 spiro atoms. The summed E-state index contributed by atoms with van der Waals surface area (Å²) in [7, 11) is 0. The molecular weight excluding hydrogens is 496 g/mol. The summed E-state index contributed by atoms with van der Waals surface area (Å²) in [5.74, 6) is 0.984. The van der Waals surface area contributed by atoms with Crippen molar-refractivity contribution in [3.63, 3.8) is 0 Å². The Labute approximate surface area is 218 Å². The van der Waals surface area contributed by atoms with E-state index in [2.05, 4.69) is 81.4 Å². The molecular formula is C31H39BrN2O. The zero-order chi connectivity index (χ0) is 24.2. The average Bonchev–Trinajstić information content (AvgIpc) is 3.20. The first kappa shape index (κ1) is 24.6. The third-order valence-electron chi connectivity index (χ3n) is 8.23. The number of nitrogens with one attached hydrogen (secondary N) is 1. The maximum atomic E-state index is 13.4. The number of nitrogens with zero attached hydrogens (tertiary/aromatic N) is 1. The van der Waals surface area contributed by atoms with Gasteiger partial charge >= 0.3 is 0 Å². The van der Waals surface area contributed by atoms with Gasteiger partial charge in [0.15, 0.2) is 0 Å². The Hall–Kier alpha value is -2.07. The van der Waals surface area contributed by atoms with Gasteiger partial charge < -0.3 is 9.88 Å². The van der Waals surface area contributed by atoms with E-state index in [1.54, 1.807) is 0 Å². The summed E-state index contributed by atoms with van der Waals surface area (Å²) >= 11 is 3.72. The summed E-state index contributed by atoms with van der Waals surface area (Å²) in [6, 6.07) is 15.7.